The van der Waals surface area contributed by atoms with E-state index in [0.717, 1.165) is 16.4 Å². The molecule has 0 fully saturated rings. The Morgan fingerprint density at radius 2 is 2.23 bits per heavy atom. The number of aromatic nitrogens is 1. The van der Waals surface area contributed by atoms with Gasteiger partial charge in [-0.1, -0.05) is 11.6 Å². The first kappa shape index (κ1) is 17.2. The van der Waals surface area contributed by atoms with E-state index in [4.69, 9.17) is 11.6 Å². The average Bonchev–Trinajstić information content (AvgIpc) is 3.10. The van der Waals surface area contributed by atoms with Crippen LogP contribution < -0.4 is 10.6 Å². The van der Waals surface area contributed by atoms with Crippen molar-refractivity contribution in [3.63, 3.8) is 0 Å². The van der Waals surface area contributed by atoms with E-state index in [2.05, 4.69) is 20.6 Å². The molecule has 0 saturated carbocycles. The minimum absolute atomic E-state index is 0.375. The first-order valence-corrected chi connectivity index (χ1v) is 8.96. The molecule has 2 aromatic heterocycles. The maximum atomic E-state index is 10.1. The van der Waals surface area contributed by atoms with Gasteiger partial charge in [-0.25, -0.2) is 9.98 Å². The highest BCUT2D eigenvalue weighted by molar-refractivity contribution is 7.16. The Hall–Kier alpha value is -1.15. The number of hydrogen-bond donors (Lipinski definition) is 3. The number of aliphatic hydroxyl groups excluding tert-OH is 1. The molecule has 0 aliphatic carbocycles. The van der Waals surface area contributed by atoms with E-state index in [-0.39, 0.29) is 0 Å². The molecule has 1 unspecified atom stereocenters. The third-order valence-electron chi connectivity index (χ3n) is 2.77. The van der Waals surface area contributed by atoms with Crippen LogP contribution >= 0.6 is 34.3 Å². The van der Waals surface area contributed by atoms with Gasteiger partial charge in [-0.3, -0.25) is 0 Å². The molecule has 0 aliphatic heterocycles. The van der Waals surface area contributed by atoms with Crippen molar-refractivity contribution in [3.8, 4) is 0 Å². The molecule has 2 aromatic rings. The lowest BCUT2D eigenvalue weighted by molar-refractivity contribution is 0.184. The van der Waals surface area contributed by atoms with E-state index in [1.165, 1.54) is 16.2 Å². The van der Waals surface area contributed by atoms with Gasteiger partial charge in [0.1, 0.15) is 11.1 Å². The zero-order valence-electron chi connectivity index (χ0n) is 12.5. The lowest BCUT2D eigenvalue weighted by atomic mass is 10.3. The SMILES string of the molecule is CCNC(=NCc1ncc(C)s1)NCC(O)c1ccc(Cl)s1. The summed E-state index contributed by atoms with van der Waals surface area (Å²) in [6.45, 7) is 5.68. The lowest BCUT2D eigenvalue weighted by Gasteiger charge is -2.14. The van der Waals surface area contributed by atoms with E-state index >= 15 is 0 Å². The van der Waals surface area contributed by atoms with Crippen LogP contribution in [0.15, 0.2) is 23.3 Å². The number of halogens is 1. The Bertz CT molecular complexity index is 626. The van der Waals surface area contributed by atoms with E-state index in [9.17, 15) is 5.11 Å². The summed E-state index contributed by atoms with van der Waals surface area (Å²) >= 11 is 8.90. The van der Waals surface area contributed by atoms with Gasteiger partial charge < -0.3 is 15.7 Å². The van der Waals surface area contributed by atoms with Crippen LogP contribution in [0.1, 0.15) is 27.8 Å². The van der Waals surface area contributed by atoms with Crippen molar-refractivity contribution in [3.05, 3.63) is 37.4 Å². The van der Waals surface area contributed by atoms with Crippen LogP contribution in [0.2, 0.25) is 4.34 Å². The second-order valence-electron chi connectivity index (χ2n) is 4.60. The molecule has 22 heavy (non-hydrogen) atoms. The molecule has 0 bridgehead atoms. The second-order valence-corrected chi connectivity index (χ2v) is 7.66. The Kier molecular flexibility index (Phi) is 6.63. The molecule has 8 heteroatoms. The number of aryl methyl sites for hydroxylation is 1. The van der Waals surface area contributed by atoms with Crippen LogP contribution in [-0.4, -0.2) is 29.1 Å². The van der Waals surface area contributed by atoms with Gasteiger partial charge in [0.2, 0.25) is 0 Å². The van der Waals surface area contributed by atoms with Crippen molar-refractivity contribution in [2.45, 2.75) is 26.5 Å². The molecule has 5 nitrogen and oxygen atoms in total. The van der Waals surface area contributed by atoms with Gasteiger partial charge in [0, 0.05) is 29.0 Å². The lowest BCUT2D eigenvalue weighted by Crippen LogP contribution is -2.39. The first-order chi connectivity index (χ1) is 10.6. The van der Waals surface area contributed by atoms with Crippen molar-refractivity contribution in [2.24, 2.45) is 4.99 Å². The number of aliphatic imine (C=N–C) groups is 1. The second kappa shape index (κ2) is 8.47. The number of nitrogens with zero attached hydrogens (tertiary/aromatic N) is 2. The molecule has 0 amide bonds. The summed E-state index contributed by atoms with van der Waals surface area (Å²) in [6.07, 6.45) is 1.24. The van der Waals surface area contributed by atoms with Gasteiger partial charge in [0.25, 0.3) is 0 Å². The van der Waals surface area contributed by atoms with Crippen LogP contribution in [0.25, 0.3) is 0 Å². The van der Waals surface area contributed by atoms with Crippen molar-refractivity contribution in [1.29, 1.82) is 0 Å². The van der Waals surface area contributed by atoms with Crippen LogP contribution in [0, 0.1) is 6.92 Å². The number of thiophene rings is 1. The van der Waals surface area contributed by atoms with Crippen LogP contribution in [0.5, 0.6) is 0 Å². The van der Waals surface area contributed by atoms with Gasteiger partial charge in [-0.15, -0.1) is 22.7 Å². The smallest absolute Gasteiger partial charge is 0.191 e. The van der Waals surface area contributed by atoms with Gasteiger partial charge in [0.05, 0.1) is 10.9 Å². The monoisotopic (exact) mass is 358 g/mol. The molecule has 120 valence electrons. The van der Waals surface area contributed by atoms with Crippen molar-refractivity contribution < 1.29 is 5.11 Å². The summed E-state index contributed by atoms with van der Waals surface area (Å²) < 4.78 is 0.675. The summed E-state index contributed by atoms with van der Waals surface area (Å²) in [6, 6.07) is 3.62. The molecular weight excluding hydrogens is 340 g/mol. The summed E-state index contributed by atoms with van der Waals surface area (Å²) in [7, 11) is 0. The average molecular weight is 359 g/mol. The Morgan fingerprint density at radius 1 is 1.41 bits per heavy atom. The molecule has 0 saturated heterocycles. The summed E-state index contributed by atoms with van der Waals surface area (Å²) in [5, 5.41) is 17.4. The normalized spacial score (nSPS) is 13.2. The predicted octanol–water partition coefficient (Wildman–Crippen LogP) is 2.96. The third-order valence-corrected chi connectivity index (χ3v) is 5.00. The Labute approximate surface area is 143 Å². The Morgan fingerprint density at radius 3 is 2.82 bits per heavy atom. The van der Waals surface area contributed by atoms with Crippen molar-refractivity contribution in [2.75, 3.05) is 13.1 Å². The van der Waals surface area contributed by atoms with E-state index < -0.39 is 6.10 Å². The number of nitrogens with one attached hydrogen (secondary N) is 2. The Balaban J connectivity index is 1.90. The minimum atomic E-state index is -0.608. The number of rotatable bonds is 6. The molecule has 0 spiro atoms. The molecular formula is C14H19ClN4OS2. The fourth-order valence-corrected chi connectivity index (χ4v) is 3.52. The molecule has 0 aliphatic rings. The fourth-order valence-electron chi connectivity index (χ4n) is 1.76. The van der Waals surface area contributed by atoms with E-state index in [0.29, 0.717) is 23.4 Å². The van der Waals surface area contributed by atoms with E-state index in [1.54, 1.807) is 17.4 Å². The fraction of sp³-hybridized carbons (Fsp3) is 0.429. The molecule has 2 rings (SSSR count). The molecule has 3 N–H and O–H groups in total. The number of thiazole rings is 1. The molecule has 0 aromatic carbocycles. The summed E-state index contributed by atoms with van der Waals surface area (Å²) in [5.74, 6) is 0.664. The standard InChI is InChI=1S/C14H19ClN4OS2/c1-3-16-14(19-8-13-17-6-9(2)21-13)18-7-10(20)11-4-5-12(15)22-11/h4-6,10,20H,3,7-8H2,1-2H3,(H2,16,18,19). The third kappa shape index (κ3) is 5.24. The van der Waals surface area contributed by atoms with Crippen molar-refractivity contribution >= 4 is 40.2 Å². The number of aliphatic hydroxyl groups is 1. The topological polar surface area (TPSA) is 69.5 Å². The molecule has 2 heterocycles. The van der Waals surface area contributed by atoms with Crippen molar-refractivity contribution in [1.82, 2.24) is 15.6 Å². The van der Waals surface area contributed by atoms with Gasteiger partial charge >= 0.3 is 0 Å². The van der Waals surface area contributed by atoms with Gasteiger partial charge in [0.15, 0.2) is 5.96 Å². The molecule has 1 atom stereocenters. The highest BCUT2D eigenvalue weighted by Gasteiger charge is 2.11. The minimum Gasteiger partial charge on any atom is -0.386 e. The van der Waals surface area contributed by atoms with Gasteiger partial charge in [-0.2, -0.15) is 0 Å². The zero-order chi connectivity index (χ0) is 15.9. The van der Waals surface area contributed by atoms with E-state index in [1.807, 2.05) is 26.1 Å². The highest BCUT2D eigenvalue weighted by Crippen LogP contribution is 2.26. The largest absolute Gasteiger partial charge is 0.386 e. The van der Waals surface area contributed by atoms with Crippen LogP contribution in [0.4, 0.5) is 0 Å². The zero-order valence-corrected chi connectivity index (χ0v) is 14.9. The maximum Gasteiger partial charge on any atom is 0.191 e. The summed E-state index contributed by atoms with van der Waals surface area (Å²) in [5.41, 5.74) is 0. The predicted molar refractivity (Wildman–Crippen MR) is 94.0 cm³/mol. The van der Waals surface area contributed by atoms with Crippen LogP contribution in [0.3, 0.4) is 0 Å². The highest BCUT2D eigenvalue weighted by atomic mass is 35.5. The van der Waals surface area contributed by atoms with Crippen LogP contribution in [-0.2, 0) is 6.54 Å². The quantitative estimate of drug-likeness (QED) is 0.548. The maximum absolute atomic E-state index is 10.1. The van der Waals surface area contributed by atoms with Gasteiger partial charge in [-0.05, 0) is 26.0 Å². The number of guanidine groups is 1. The first-order valence-electron chi connectivity index (χ1n) is 6.95. The summed E-state index contributed by atoms with van der Waals surface area (Å²) in [4.78, 5) is 10.8. The number of hydrogen-bond acceptors (Lipinski definition) is 5. The molecule has 0 radical (unpaired) electrons.